The van der Waals surface area contributed by atoms with Crippen molar-refractivity contribution < 1.29 is 132 Å². The Labute approximate surface area is 298 Å². The Morgan fingerprint density at radius 3 is 0.961 bits per heavy atom. The van der Waals surface area contributed by atoms with E-state index in [2.05, 4.69) is 4.74 Å². The topological polar surface area (TPSA) is 55.3 Å². The van der Waals surface area contributed by atoms with Crippen LogP contribution < -0.4 is 58.0 Å². The van der Waals surface area contributed by atoms with Crippen LogP contribution in [-0.4, -0.2) is 13.2 Å². The maximum atomic E-state index is 14.8. The van der Waals surface area contributed by atoms with E-state index in [1.807, 2.05) is 0 Å². The number of hydrogen-bond acceptors (Lipinski definition) is 3. The average molecular weight is 752 g/mol. The summed E-state index contributed by atoms with van der Waals surface area (Å²) in [6.07, 6.45) is -38.2. The Bertz CT molecular complexity index is 1660. The molecule has 0 heterocycles. The SMILES string of the molecule is CC(C)Oc1c(B([O-])[O-])c(C(F)(F)F)c(-c2cc(C(F)(F)F)cc(C(F)(F)F)c2)c(-c2cc(C(F)(F)F)cc(C(F)(F)F)c2)c1C(F)(F)F.[Li+].[Li+]. The Kier molecular flexibility index (Phi) is 13.7. The van der Waals surface area contributed by atoms with E-state index in [0.29, 0.717) is 0 Å². The van der Waals surface area contributed by atoms with Crippen molar-refractivity contribution >= 4 is 12.6 Å². The first-order chi connectivity index (χ1) is 21.8. The first-order valence-electron chi connectivity index (χ1n) is 12.7. The Morgan fingerprint density at radius 1 is 0.471 bits per heavy atom. The number of alkyl halides is 18. The summed E-state index contributed by atoms with van der Waals surface area (Å²) in [6, 6.07) is -3.84. The first-order valence-corrected chi connectivity index (χ1v) is 12.7. The summed E-state index contributed by atoms with van der Waals surface area (Å²) in [5, 5.41) is 24.3. The van der Waals surface area contributed by atoms with Crippen LogP contribution in [0, 0.1) is 0 Å². The molecule has 3 aromatic carbocycles. The molecule has 0 aliphatic rings. The van der Waals surface area contributed by atoms with E-state index in [0.717, 1.165) is 13.8 Å². The van der Waals surface area contributed by atoms with Crippen molar-refractivity contribution in [3.05, 3.63) is 69.8 Å². The molecule has 0 bridgehead atoms. The summed E-state index contributed by atoms with van der Waals surface area (Å²) in [6.45, 7) is 1.56. The molecule has 0 saturated heterocycles. The second-order valence-electron chi connectivity index (χ2n) is 10.3. The molecule has 0 aliphatic carbocycles. The number of hydrogen-bond donors (Lipinski definition) is 0. The summed E-state index contributed by atoms with van der Waals surface area (Å²) in [4.78, 5) is 0. The minimum Gasteiger partial charge on any atom is -0.889 e. The van der Waals surface area contributed by atoms with Crippen LogP contribution in [0.15, 0.2) is 36.4 Å². The van der Waals surface area contributed by atoms with Crippen molar-refractivity contribution in [2.24, 2.45) is 0 Å². The Morgan fingerprint density at radius 2 is 0.745 bits per heavy atom. The second kappa shape index (κ2) is 15.0. The van der Waals surface area contributed by atoms with Gasteiger partial charge < -0.3 is 14.8 Å². The molecule has 0 saturated carbocycles. The smallest absolute Gasteiger partial charge is 0.889 e. The molecule has 3 aromatic rings. The van der Waals surface area contributed by atoms with Crippen LogP contribution >= 0.6 is 0 Å². The number of ether oxygens (including phenoxy) is 1. The average Bonchev–Trinajstić information content (AvgIpc) is 2.88. The van der Waals surface area contributed by atoms with Crippen molar-refractivity contribution in [1.82, 2.24) is 0 Å². The van der Waals surface area contributed by atoms with Crippen LogP contribution in [0.1, 0.15) is 47.2 Å². The fourth-order valence-corrected chi connectivity index (χ4v) is 4.67. The third-order valence-electron chi connectivity index (χ3n) is 6.40. The van der Waals surface area contributed by atoms with Crippen molar-refractivity contribution in [3.63, 3.8) is 0 Å². The van der Waals surface area contributed by atoms with Gasteiger partial charge in [0, 0.05) is 11.1 Å². The summed E-state index contributed by atoms with van der Waals surface area (Å²) >= 11 is 0. The molecule has 51 heavy (non-hydrogen) atoms. The van der Waals surface area contributed by atoms with Gasteiger partial charge in [0.2, 0.25) is 0 Å². The zero-order chi connectivity index (χ0) is 38.0. The molecule has 0 N–H and O–H groups in total. The molecule has 270 valence electrons. The number of benzene rings is 3. The molecular weight excluding hydrogens is 739 g/mol. The van der Waals surface area contributed by atoms with Crippen LogP contribution in [-0.2, 0) is 37.1 Å². The summed E-state index contributed by atoms with van der Waals surface area (Å²) in [5.74, 6) is -2.39. The number of rotatable bonds is 5. The molecule has 0 spiro atoms. The second-order valence-corrected chi connectivity index (χ2v) is 10.3. The zero-order valence-corrected chi connectivity index (χ0v) is 25.6. The predicted octanol–water partition coefficient (Wildman–Crippen LogP) is 2.34. The van der Waals surface area contributed by atoms with Gasteiger partial charge in [0.1, 0.15) is 11.3 Å². The van der Waals surface area contributed by atoms with Gasteiger partial charge in [-0.05, 0) is 61.4 Å². The summed E-state index contributed by atoms with van der Waals surface area (Å²) in [5.41, 5.74) is -27.9. The molecule has 0 atom stereocenters. The maximum Gasteiger partial charge on any atom is 1.00 e. The van der Waals surface area contributed by atoms with Crippen LogP contribution in [0.25, 0.3) is 22.3 Å². The van der Waals surface area contributed by atoms with Crippen LogP contribution in [0.4, 0.5) is 79.0 Å². The third-order valence-corrected chi connectivity index (χ3v) is 6.40. The van der Waals surface area contributed by atoms with Crippen molar-refractivity contribution in [3.8, 4) is 28.0 Å². The zero-order valence-electron chi connectivity index (χ0n) is 25.6. The van der Waals surface area contributed by atoms with Crippen molar-refractivity contribution in [1.29, 1.82) is 0 Å². The van der Waals surface area contributed by atoms with Gasteiger partial charge in [0.25, 0.3) is 0 Å². The van der Waals surface area contributed by atoms with Crippen LogP contribution in [0.2, 0.25) is 0 Å². The third kappa shape index (κ3) is 10.3. The van der Waals surface area contributed by atoms with Crippen molar-refractivity contribution in [2.45, 2.75) is 57.0 Å². The van der Waals surface area contributed by atoms with Gasteiger partial charge in [0.15, 0.2) is 0 Å². The normalized spacial score (nSPS) is 13.2. The molecule has 0 radical (unpaired) electrons. The van der Waals surface area contributed by atoms with Gasteiger partial charge >= 0.3 is 74.8 Å². The van der Waals surface area contributed by atoms with E-state index in [1.165, 1.54) is 0 Å². The molecule has 0 fully saturated rings. The van der Waals surface area contributed by atoms with E-state index in [-0.39, 0.29) is 37.7 Å². The predicted molar refractivity (Wildman–Crippen MR) is 128 cm³/mol. The molecule has 0 aliphatic heterocycles. The van der Waals surface area contributed by atoms with E-state index >= 15 is 0 Å². The Balaban J connectivity index is 0.00000650. The van der Waals surface area contributed by atoms with Crippen LogP contribution in [0.3, 0.4) is 0 Å². The van der Waals surface area contributed by atoms with Gasteiger partial charge in [0.05, 0.1) is 33.9 Å². The first kappa shape index (κ1) is 46.4. The molecular formula is C27H13BF18Li2O3. The standard InChI is InChI=1S/C27H13BF18O3.2Li/c1-9(2)49-21-19(27(44,45)46)17(11-5-14(24(35,36)37)8-15(6-11)25(38,39)40)16(18(26(41,42)43)20(21)28(47)48)10-3-12(22(29,30)31)7-13(4-10)23(32,33)34;;/h3-9H,1-2H3;;/q-2;2*+1. The van der Waals surface area contributed by atoms with Crippen molar-refractivity contribution in [2.75, 3.05) is 0 Å². The fourth-order valence-electron chi connectivity index (χ4n) is 4.67. The van der Waals surface area contributed by atoms with E-state index < -0.39 is 154 Å². The Hall–Kier alpha value is -2.62. The van der Waals surface area contributed by atoms with Gasteiger partial charge in [-0.3, -0.25) is 0 Å². The van der Waals surface area contributed by atoms with Gasteiger partial charge in [-0.15, -0.1) is 0 Å². The maximum absolute atomic E-state index is 14.8. The van der Waals surface area contributed by atoms with Crippen LogP contribution in [0.5, 0.6) is 5.75 Å². The molecule has 3 rings (SSSR count). The molecule has 0 amide bonds. The fraction of sp³-hybridized carbons (Fsp3) is 0.333. The van der Waals surface area contributed by atoms with Gasteiger partial charge in [-0.2, -0.15) is 79.0 Å². The van der Waals surface area contributed by atoms with Gasteiger partial charge in [-0.25, -0.2) is 0 Å². The van der Waals surface area contributed by atoms with Gasteiger partial charge in [-0.1, -0.05) is 12.6 Å². The van der Waals surface area contributed by atoms with E-state index in [1.54, 1.807) is 0 Å². The minimum absolute atomic E-state index is 0. The minimum atomic E-state index is -6.42. The number of halogens is 18. The molecule has 24 heteroatoms. The molecule has 3 nitrogen and oxygen atoms in total. The quantitative estimate of drug-likeness (QED) is 0.298. The summed E-state index contributed by atoms with van der Waals surface area (Å²) in [7, 11) is -4.25. The van der Waals surface area contributed by atoms with E-state index in [9.17, 15) is 89.1 Å². The van der Waals surface area contributed by atoms with E-state index in [4.69, 9.17) is 0 Å². The molecule has 0 unspecified atom stereocenters. The largest absolute Gasteiger partial charge is 1.00 e. The summed E-state index contributed by atoms with van der Waals surface area (Å²) < 4.78 is 258. The monoisotopic (exact) mass is 752 g/mol. The molecule has 0 aromatic heterocycles.